The minimum atomic E-state index is -0.348. The van der Waals surface area contributed by atoms with Gasteiger partial charge in [-0.05, 0) is 38.9 Å². The smallest absolute Gasteiger partial charge is 0.233 e. The molecule has 0 aliphatic carbocycles. The van der Waals surface area contributed by atoms with Crippen molar-refractivity contribution in [3.63, 3.8) is 0 Å². The molecule has 1 aliphatic heterocycles. The van der Waals surface area contributed by atoms with Gasteiger partial charge < -0.3 is 10.4 Å². The zero-order chi connectivity index (χ0) is 11.3. The number of carbonyl (C=O) groups is 1. The number of amides is 1. The molecule has 0 aromatic carbocycles. The SMILES string of the molecule is CC(O)CC(C)NC(=O)C1CCCCS1. The lowest BCUT2D eigenvalue weighted by molar-refractivity contribution is -0.121. The van der Waals surface area contributed by atoms with Crippen LogP contribution in [0.3, 0.4) is 0 Å². The van der Waals surface area contributed by atoms with Gasteiger partial charge in [0.1, 0.15) is 0 Å². The predicted octanol–water partition coefficient (Wildman–Crippen LogP) is 1.55. The van der Waals surface area contributed by atoms with E-state index < -0.39 is 0 Å². The Labute approximate surface area is 96.0 Å². The van der Waals surface area contributed by atoms with E-state index in [1.165, 1.54) is 6.42 Å². The summed E-state index contributed by atoms with van der Waals surface area (Å²) in [5.41, 5.74) is 0. The molecule has 3 unspecified atom stereocenters. The molecule has 1 rings (SSSR count). The molecule has 3 nitrogen and oxygen atoms in total. The monoisotopic (exact) mass is 231 g/mol. The van der Waals surface area contributed by atoms with E-state index in [1.807, 2.05) is 6.92 Å². The van der Waals surface area contributed by atoms with Crippen molar-refractivity contribution in [1.29, 1.82) is 0 Å². The molecule has 1 fully saturated rings. The van der Waals surface area contributed by atoms with Crippen LogP contribution in [-0.4, -0.2) is 34.2 Å². The first-order valence-electron chi connectivity index (χ1n) is 5.69. The van der Waals surface area contributed by atoms with Crippen LogP contribution >= 0.6 is 11.8 Å². The normalized spacial score (nSPS) is 25.7. The molecule has 4 heteroatoms. The van der Waals surface area contributed by atoms with Gasteiger partial charge in [0.05, 0.1) is 11.4 Å². The van der Waals surface area contributed by atoms with Crippen LogP contribution in [0.2, 0.25) is 0 Å². The number of rotatable bonds is 4. The summed E-state index contributed by atoms with van der Waals surface area (Å²) in [7, 11) is 0. The van der Waals surface area contributed by atoms with E-state index in [2.05, 4.69) is 5.32 Å². The van der Waals surface area contributed by atoms with Crippen molar-refractivity contribution in [2.45, 2.75) is 56.9 Å². The summed E-state index contributed by atoms with van der Waals surface area (Å²) in [6.07, 6.45) is 3.67. The maximum absolute atomic E-state index is 11.8. The van der Waals surface area contributed by atoms with Crippen molar-refractivity contribution in [3.05, 3.63) is 0 Å². The van der Waals surface area contributed by atoms with E-state index in [0.717, 1.165) is 18.6 Å². The first-order chi connectivity index (χ1) is 7.09. The minimum absolute atomic E-state index is 0.0695. The number of thioether (sulfide) groups is 1. The third kappa shape index (κ3) is 4.89. The summed E-state index contributed by atoms with van der Waals surface area (Å²) in [6, 6.07) is 0.0695. The zero-order valence-corrected chi connectivity index (χ0v) is 10.3. The standard InChI is InChI=1S/C11H21NO2S/c1-8(7-9(2)13)12-11(14)10-5-3-4-6-15-10/h8-10,13H,3-7H2,1-2H3,(H,12,14). The van der Waals surface area contributed by atoms with Crippen LogP contribution in [0.15, 0.2) is 0 Å². The highest BCUT2D eigenvalue weighted by Gasteiger charge is 2.22. The predicted molar refractivity (Wildman–Crippen MR) is 64.0 cm³/mol. The van der Waals surface area contributed by atoms with Crippen molar-refractivity contribution in [3.8, 4) is 0 Å². The van der Waals surface area contributed by atoms with Crippen molar-refractivity contribution in [1.82, 2.24) is 5.32 Å². The van der Waals surface area contributed by atoms with E-state index >= 15 is 0 Å². The molecule has 1 aliphatic rings. The van der Waals surface area contributed by atoms with Gasteiger partial charge in [0.25, 0.3) is 0 Å². The summed E-state index contributed by atoms with van der Waals surface area (Å²) < 4.78 is 0. The third-order valence-electron chi connectivity index (χ3n) is 2.56. The molecule has 1 saturated heterocycles. The molecule has 0 radical (unpaired) electrons. The summed E-state index contributed by atoms with van der Waals surface area (Å²) >= 11 is 1.76. The minimum Gasteiger partial charge on any atom is -0.393 e. The lowest BCUT2D eigenvalue weighted by Gasteiger charge is -2.23. The van der Waals surface area contributed by atoms with E-state index in [9.17, 15) is 9.90 Å². The Morgan fingerprint density at radius 2 is 2.27 bits per heavy atom. The van der Waals surface area contributed by atoms with Crippen LogP contribution in [-0.2, 0) is 4.79 Å². The molecule has 1 amide bonds. The van der Waals surface area contributed by atoms with Gasteiger partial charge in [0.2, 0.25) is 5.91 Å². The van der Waals surface area contributed by atoms with Gasteiger partial charge in [-0.3, -0.25) is 4.79 Å². The number of nitrogens with one attached hydrogen (secondary N) is 1. The maximum Gasteiger partial charge on any atom is 0.233 e. The average Bonchev–Trinajstić information content (AvgIpc) is 2.17. The summed E-state index contributed by atoms with van der Waals surface area (Å²) in [5, 5.41) is 12.3. The molecule has 0 bridgehead atoms. The Morgan fingerprint density at radius 1 is 1.53 bits per heavy atom. The Bertz CT molecular complexity index is 203. The molecule has 15 heavy (non-hydrogen) atoms. The van der Waals surface area contributed by atoms with E-state index in [-0.39, 0.29) is 23.3 Å². The van der Waals surface area contributed by atoms with Gasteiger partial charge in [0.15, 0.2) is 0 Å². The van der Waals surface area contributed by atoms with Crippen LogP contribution in [0.1, 0.15) is 39.5 Å². The molecular weight excluding hydrogens is 210 g/mol. The molecule has 3 atom stereocenters. The van der Waals surface area contributed by atoms with Crippen molar-refractivity contribution in [2.24, 2.45) is 0 Å². The lowest BCUT2D eigenvalue weighted by atomic mass is 10.1. The molecule has 1 heterocycles. The van der Waals surface area contributed by atoms with E-state index in [4.69, 9.17) is 0 Å². The first-order valence-corrected chi connectivity index (χ1v) is 6.74. The van der Waals surface area contributed by atoms with Gasteiger partial charge in [-0.1, -0.05) is 6.42 Å². The highest BCUT2D eigenvalue weighted by molar-refractivity contribution is 8.00. The topological polar surface area (TPSA) is 49.3 Å². The van der Waals surface area contributed by atoms with Gasteiger partial charge in [-0.25, -0.2) is 0 Å². The summed E-state index contributed by atoms with van der Waals surface area (Å²) in [4.78, 5) is 11.8. The summed E-state index contributed by atoms with van der Waals surface area (Å²) in [6.45, 7) is 3.69. The highest BCUT2D eigenvalue weighted by atomic mass is 32.2. The number of hydrogen-bond acceptors (Lipinski definition) is 3. The van der Waals surface area contributed by atoms with Gasteiger partial charge in [-0.2, -0.15) is 0 Å². The fourth-order valence-electron chi connectivity index (χ4n) is 1.85. The van der Waals surface area contributed by atoms with Crippen LogP contribution in [0.5, 0.6) is 0 Å². The maximum atomic E-state index is 11.8. The lowest BCUT2D eigenvalue weighted by Crippen LogP contribution is -2.40. The number of carbonyl (C=O) groups excluding carboxylic acids is 1. The Morgan fingerprint density at radius 3 is 2.80 bits per heavy atom. The largest absolute Gasteiger partial charge is 0.393 e. The van der Waals surface area contributed by atoms with Gasteiger partial charge in [-0.15, -0.1) is 11.8 Å². The molecule has 0 aromatic heterocycles. The molecule has 0 spiro atoms. The molecule has 0 saturated carbocycles. The second kappa shape index (κ2) is 6.38. The third-order valence-corrected chi connectivity index (χ3v) is 3.93. The quantitative estimate of drug-likeness (QED) is 0.772. The van der Waals surface area contributed by atoms with Gasteiger partial charge in [0, 0.05) is 6.04 Å². The van der Waals surface area contributed by atoms with E-state index in [1.54, 1.807) is 18.7 Å². The number of hydrogen-bond donors (Lipinski definition) is 2. The summed E-state index contributed by atoms with van der Waals surface area (Å²) in [5.74, 6) is 1.25. The molecule has 0 aromatic rings. The Kier molecular flexibility index (Phi) is 5.47. The average molecular weight is 231 g/mol. The van der Waals surface area contributed by atoms with Crippen molar-refractivity contribution in [2.75, 3.05) is 5.75 Å². The fourth-order valence-corrected chi connectivity index (χ4v) is 3.06. The second-order valence-electron chi connectivity index (χ2n) is 4.35. The zero-order valence-electron chi connectivity index (χ0n) is 9.53. The second-order valence-corrected chi connectivity index (χ2v) is 5.66. The first kappa shape index (κ1) is 12.8. The van der Waals surface area contributed by atoms with Crippen LogP contribution < -0.4 is 5.32 Å². The van der Waals surface area contributed by atoms with Crippen LogP contribution in [0.25, 0.3) is 0 Å². The van der Waals surface area contributed by atoms with E-state index in [0.29, 0.717) is 6.42 Å². The Hall–Kier alpha value is -0.220. The number of aliphatic hydroxyl groups is 1. The highest BCUT2D eigenvalue weighted by Crippen LogP contribution is 2.25. The van der Waals surface area contributed by atoms with Gasteiger partial charge >= 0.3 is 0 Å². The Balaban J connectivity index is 2.27. The molecular formula is C11H21NO2S. The fraction of sp³-hybridized carbons (Fsp3) is 0.909. The molecule has 2 N–H and O–H groups in total. The molecule has 88 valence electrons. The number of aliphatic hydroxyl groups excluding tert-OH is 1. The van der Waals surface area contributed by atoms with Crippen LogP contribution in [0, 0.1) is 0 Å². The van der Waals surface area contributed by atoms with Crippen molar-refractivity contribution < 1.29 is 9.90 Å². The van der Waals surface area contributed by atoms with Crippen molar-refractivity contribution >= 4 is 17.7 Å². The van der Waals surface area contributed by atoms with Crippen LogP contribution in [0.4, 0.5) is 0 Å².